The Kier molecular flexibility index (Phi) is 3.05. The van der Waals surface area contributed by atoms with Crippen molar-refractivity contribution in [1.82, 2.24) is 20.5 Å². The summed E-state index contributed by atoms with van der Waals surface area (Å²) < 4.78 is 0. The number of amides is 1. The lowest BCUT2D eigenvalue weighted by Crippen LogP contribution is -2.43. The first-order chi connectivity index (χ1) is 8.11. The summed E-state index contributed by atoms with van der Waals surface area (Å²) in [5, 5.41) is 25.9. The fourth-order valence-corrected chi connectivity index (χ4v) is 1.32. The van der Waals surface area contributed by atoms with Crippen molar-refractivity contribution in [2.24, 2.45) is 0 Å². The highest BCUT2D eigenvalue weighted by atomic mass is 16.4. The minimum atomic E-state index is -1.34. The third-order valence-electron chi connectivity index (χ3n) is 2.46. The van der Waals surface area contributed by atoms with Gasteiger partial charge in [-0.25, -0.2) is 9.78 Å². The van der Waals surface area contributed by atoms with E-state index in [1.807, 2.05) is 0 Å². The first-order valence-electron chi connectivity index (χ1n) is 5.18. The van der Waals surface area contributed by atoms with Crippen molar-refractivity contribution in [3.05, 3.63) is 11.6 Å². The van der Waals surface area contributed by atoms with Gasteiger partial charge in [-0.3, -0.25) is 9.89 Å². The van der Waals surface area contributed by atoms with Gasteiger partial charge in [0.2, 0.25) is 5.82 Å². The van der Waals surface area contributed by atoms with E-state index < -0.39 is 24.5 Å². The predicted octanol–water partition coefficient (Wildman–Crippen LogP) is -1.14. The summed E-state index contributed by atoms with van der Waals surface area (Å²) in [5.41, 5.74) is 0. The Morgan fingerprint density at radius 3 is 2.76 bits per heavy atom. The lowest BCUT2D eigenvalue weighted by Gasteiger charge is -2.09. The van der Waals surface area contributed by atoms with E-state index in [-0.39, 0.29) is 5.82 Å². The number of aliphatic carboxylic acids is 1. The number of carbonyl (C=O) groups excluding carboxylic acids is 1. The van der Waals surface area contributed by atoms with Crippen LogP contribution < -0.4 is 5.32 Å². The van der Waals surface area contributed by atoms with Gasteiger partial charge in [-0.1, -0.05) is 0 Å². The molecule has 0 aliphatic heterocycles. The molecule has 1 fully saturated rings. The van der Waals surface area contributed by atoms with E-state index in [1.165, 1.54) is 0 Å². The topological polar surface area (TPSA) is 128 Å². The molecular weight excluding hydrogens is 228 g/mol. The third-order valence-corrected chi connectivity index (χ3v) is 2.46. The largest absolute Gasteiger partial charge is 0.480 e. The Bertz CT molecular complexity index is 440. The first kappa shape index (κ1) is 11.5. The zero-order chi connectivity index (χ0) is 12.4. The van der Waals surface area contributed by atoms with E-state index in [2.05, 4.69) is 20.5 Å². The summed E-state index contributed by atoms with van der Waals surface area (Å²) in [7, 11) is 0. The second-order valence-electron chi connectivity index (χ2n) is 3.87. The summed E-state index contributed by atoms with van der Waals surface area (Å²) >= 11 is 0. The molecule has 0 aromatic carbocycles. The highest BCUT2D eigenvalue weighted by Crippen LogP contribution is 2.37. The fourth-order valence-electron chi connectivity index (χ4n) is 1.32. The maximum Gasteiger partial charge on any atom is 0.328 e. The Morgan fingerprint density at radius 2 is 2.24 bits per heavy atom. The molecule has 1 aromatic heterocycles. The molecule has 1 atom stereocenters. The second-order valence-corrected chi connectivity index (χ2v) is 3.87. The summed E-state index contributed by atoms with van der Waals surface area (Å²) in [4.78, 5) is 26.1. The van der Waals surface area contributed by atoms with Crippen LogP contribution in [-0.4, -0.2) is 49.9 Å². The zero-order valence-electron chi connectivity index (χ0n) is 8.88. The summed E-state index contributed by atoms with van der Waals surface area (Å²) in [6.45, 7) is -0.680. The average Bonchev–Trinajstić information content (AvgIpc) is 3.03. The SMILES string of the molecule is O=C(N[C@@H](CO)C(=O)O)c1n[nH]c(C2CC2)n1. The van der Waals surface area contributed by atoms with E-state index in [4.69, 9.17) is 10.2 Å². The molecule has 1 saturated carbocycles. The molecule has 0 bridgehead atoms. The van der Waals surface area contributed by atoms with Gasteiger partial charge in [0.1, 0.15) is 5.82 Å². The molecular formula is C9H12N4O4. The molecule has 0 spiro atoms. The van der Waals surface area contributed by atoms with E-state index in [1.54, 1.807) is 0 Å². The summed E-state index contributed by atoms with van der Waals surface area (Å²) in [6.07, 6.45) is 2.04. The average molecular weight is 240 g/mol. The van der Waals surface area contributed by atoms with E-state index in [0.29, 0.717) is 11.7 Å². The standard InChI is InChI=1S/C9H12N4O4/c14-3-5(9(16)17)10-8(15)7-11-6(12-13-7)4-1-2-4/h4-5,14H,1-3H2,(H,10,15)(H,16,17)(H,11,12,13)/t5-/m0/s1. The van der Waals surface area contributed by atoms with Crippen LogP contribution in [0.3, 0.4) is 0 Å². The molecule has 1 aromatic rings. The van der Waals surface area contributed by atoms with Crippen molar-refractivity contribution in [3.8, 4) is 0 Å². The molecule has 0 unspecified atom stereocenters. The van der Waals surface area contributed by atoms with Crippen molar-refractivity contribution >= 4 is 11.9 Å². The predicted molar refractivity (Wildman–Crippen MR) is 54.3 cm³/mol. The number of aliphatic hydroxyl groups is 1. The van der Waals surface area contributed by atoms with Crippen molar-refractivity contribution < 1.29 is 19.8 Å². The summed E-state index contributed by atoms with van der Waals surface area (Å²) in [6, 6.07) is -1.34. The van der Waals surface area contributed by atoms with Crippen LogP contribution in [0.1, 0.15) is 35.2 Å². The van der Waals surface area contributed by atoms with Gasteiger partial charge in [0.15, 0.2) is 6.04 Å². The molecule has 8 nitrogen and oxygen atoms in total. The molecule has 1 amide bonds. The lowest BCUT2D eigenvalue weighted by atomic mass is 10.3. The van der Waals surface area contributed by atoms with Crippen LogP contribution in [0.4, 0.5) is 0 Å². The summed E-state index contributed by atoms with van der Waals surface area (Å²) in [5.74, 6) is -1.15. The second kappa shape index (κ2) is 4.50. The minimum Gasteiger partial charge on any atom is -0.480 e. The number of H-pyrrole nitrogens is 1. The number of nitrogens with zero attached hydrogens (tertiary/aromatic N) is 2. The smallest absolute Gasteiger partial charge is 0.328 e. The van der Waals surface area contributed by atoms with Gasteiger partial charge in [-0.15, -0.1) is 5.10 Å². The molecule has 17 heavy (non-hydrogen) atoms. The van der Waals surface area contributed by atoms with Gasteiger partial charge in [0, 0.05) is 5.92 Å². The molecule has 1 aliphatic rings. The number of aromatic nitrogens is 3. The fraction of sp³-hybridized carbons (Fsp3) is 0.556. The van der Waals surface area contributed by atoms with Crippen molar-refractivity contribution in [1.29, 1.82) is 0 Å². The molecule has 2 rings (SSSR count). The van der Waals surface area contributed by atoms with Gasteiger partial charge in [0.05, 0.1) is 6.61 Å². The van der Waals surface area contributed by atoms with Gasteiger partial charge < -0.3 is 15.5 Å². The van der Waals surface area contributed by atoms with Gasteiger partial charge >= 0.3 is 5.97 Å². The molecule has 1 aliphatic carbocycles. The maximum atomic E-state index is 11.5. The molecule has 92 valence electrons. The highest BCUT2D eigenvalue weighted by Gasteiger charge is 2.29. The van der Waals surface area contributed by atoms with Gasteiger partial charge in [-0.2, -0.15) is 0 Å². The van der Waals surface area contributed by atoms with Crippen molar-refractivity contribution in [3.63, 3.8) is 0 Å². The Labute approximate surface area is 96.1 Å². The van der Waals surface area contributed by atoms with Crippen LogP contribution in [-0.2, 0) is 4.79 Å². The number of carboxylic acid groups (broad SMARTS) is 1. The van der Waals surface area contributed by atoms with Crippen LogP contribution in [0.25, 0.3) is 0 Å². The molecule has 1 heterocycles. The number of hydrogen-bond donors (Lipinski definition) is 4. The highest BCUT2D eigenvalue weighted by molar-refractivity contribution is 5.93. The zero-order valence-corrected chi connectivity index (χ0v) is 8.88. The number of aromatic amines is 1. The van der Waals surface area contributed by atoms with Crippen LogP contribution in [0.5, 0.6) is 0 Å². The maximum absolute atomic E-state index is 11.5. The Morgan fingerprint density at radius 1 is 1.53 bits per heavy atom. The number of nitrogens with one attached hydrogen (secondary N) is 2. The monoisotopic (exact) mass is 240 g/mol. The quantitative estimate of drug-likeness (QED) is 0.515. The normalized spacial score (nSPS) is 16.5. The minimum absolute atomic E-state index is 0.105. The third kappa shape index (κ3) is 2.59. The molecule has 0 radical (unpaired) electrons. The first-order valence-corrected chi connectivity index (χ1v) is 5.18. The number of carboxylic acids is 1. The number of rotatable bonds is 5. The van der Waals surface area contributed by atoms with Gasteiger partial charge in [0.25, 0.3) is 5.91 Å². The van der Waals surface area contributed by atoms with E-state index in [9.17, 15) is 9.59 Å². The number of carbonyl (C=O) groups is 2. The van der Waals surface area contributed by atoms with E-state index >= 15 is 0 Å². The van der Waals surface area contributed by atoms with Crippen LogP contribution in [0, 0.1) is 0 Å². The van der Waals surface area contributed by atoms with Gasteiger partial charge in [-0.05, 0) is 12.8 Å². The number of aliphatic hydroxyl groups excluding tert-OH is 1. The number of hydrogen-bond acceptors (Lipinski definition) is 5. The Hall–Kier alpha value is -1.96. The molecule has 4 N–H and O–H groups in total. The van der Waals surface area contributed by atoms with Crippen molar-refractivity contribution in [2.75, 3.05) is 6.61 Å². The lowest BCUT2D eigenvalue weighted by molar-refractivity contribution is -0.140. The van der Waals surface area contributed by atoms with Crippen LogP contribution in [0.2, 0.25) is 0 Å². The molecule has 8 heteroatoms. The van der Waals surface area contributed by atoms with Crippen LogP contribution in [0.15, 0.2) is 0 Å². The van der Waals surface area contributed by atoms with Crippen LogP contribution >= 0.6 is 0 Å². The Balaban J connectivity index is 2.00. The molecule has 0 saturated heterocycles. The van der Waals surface area contributed by atoms with Crippen molar-refractivity contribution in [2.45, 2.75) is 24.8 Å². The van der Waals surface area contributed by atoms with E-state index in [0.717, 1.165) is 12.8 Å².